The molecule has 0 unspecified atom stereocenters. The molecule has 1 aromatic carbocycles. The number of aryl methyl sites for hydroxylation is 1. The van der Waals surface area contributed by atoms with Gasteiger partial charge in [0.25, 0.3) is 5.91 Å². The van der Waals surface area contributed by atoms with E-state index in [0.29, 0.717) is 28.1 Å². The summed E-state index contributed by atoms with van der Waals surface area (Å²) in [6.45, 7) is 2.01. The number of furan rings is 1. The molecule has 0 saturated heterocycles. The molecule has 0 atom stereocenters. The normalized spacial score (nSPS) is 17.0. The predicted octanol–water partition coefficient (Wildman–Crippen LogP) is 3.97. The molecule has 1 aromatic heterocycles. The number of ether oxygens (including phenoxy) is 1. The number of hydrogen-bond acceptors (Lipinski definition) is 4. The van der Waals surface area contributed by atoms with Gasteiger partial charge in [-0.2, -0.15) is 0 Å². The first-order valence-corrected chi connectivity index (χ1v) is 8.73. The highest BCUT2D eigenvalue weighted by molar-refractivity contribution is 6.35. The molecule has 0 radical (unpaired) electrons. The fraction of sp³-hybridized carbons (Fsp3) is 0.300. The van der Waals surface area contributed by atoms with E-state index < -0.39 is 11.8 Å². The summed E-state index contributed by atoms with van der Waals surface area (Å²) in [5.74, 6) is -0.105. The average molecular weight is 355 g/mol. The van der Waals surface area contributed by atoms with Gasteiger partial charge >= 0.3 is 5.97 Å². The van der Waals surface area contributed by atoms with Crippen molar-refractivity contribution in [1.82, 2.24) is 0 Å². The molecule has 0 bridgehead atoms. The van der Waals surface area contributed by atoms with Gasteiger partial charge in [0.05, 0.1) is 17.9 Å². The van der Waals surface area contributed by atoms with E-state index in [0.717, 1.165) is 37.0 Å². The molecule has 134 valence electrons. The number of amides is 1. The number of fused-ring (bicyclic) bond motifs is 2. The number of anilines is 1. The molecule has 1 aliphatic heterocycles. The van der Waals surface area contributed by atoms with Gasteiger partial charge < -0.3 is 14.5 Å². The monoisotopic (exact) mass is 355 g/mol. The second kappa shape index (κ2) is 6.44. The van der Waals surface area contributed by atoms with Gasteiger partial charge in [-0.15, -0.1) is 0 Å². The van der Waals surface area contributed by atoms with Crippen molar-refractivity contribution in [3.05, 3.63) is 52.2 Å². The summed E-state index contributed by atoms with van der Waals surface area (Å²) >= 11 is 0. The summed E-state index contributed by atoms with van der Waals surface area (Å²) in [5.41, 5.74) is 2.61. The van der Waals surface area contributed by atoms with Crippen LogP contribution in [0.25, 0.3) is 11.6 Å². The summed E-state index contributed by atoms with van der Waals surface area (Å²) in [4.78, 5) is 24.8. The van der Waals surface area contributed by atoms with Crippen LogP contribution in [0, 0.1) is 5.82 Å². The summed E-state index contributed by atoms with van der Waals surface area (Å²) in [6, 6.07) is 4.11. The molecule has 5 nitrogen and oxygen atoms in total. The van der Waals surface area contributed by atoms with Crippen molar-refractivity contribution in [1.29, 1.82) is 0 Å². The van der Waals surface area contributed by atoms with Gasteiger partial charge in [-0.3, -0.25) is 4.79 Å². The summed E-state index contributed by atoms with van der Waals surface area (Å²) in [7, 11) is 0. The van der Waals surface area contributed by atoms with Crippen molar-refractivity contribution < 1.29 is 23.1 Å². The van der Waals surface area contributed by atoms with Crippen LogP contribution in [0.4, 0.5) is 10.1 Å². The number of hydrogen-bond donors (Lipinski definition) is 1. The fourth-order valence-corrected chi connectivity index (χ4v) is 3.56. The van der Waals surface area contributed by atoms with E-state index in [-0.39, 0.29) is 12.5 Å². The van der Waals surface area contributed by atoms with Crippen molar-refractivity contribution in [2.24, 2.45) is 0 Å². The lowest BCUT2D eigenvalue weighted by Crippen LogP contribution is -2.10. The minimum atomic E-state index is -0.441. The van der Waals surface area contributed by atoms with E-state index in [1.54, 1.807) is 19.1 Å². The molecule has 6 heteroatoms. The van der Waals surface area contributed by atoms with Gasteiger partial charge in [0.2, 0.25) is 0 Å². The zero-order chi connectivity index (χ0) is 18.3. The molecule has 1 amide bonds. The van der Waals surface area contributed by atoms with Crippen molar-refractivity contribution in [2.75, 3.05) is 11.9 Å². The van der Waals surface area contributed by atoms with E-state index >= 15 is 0 Å². The second-order valence-electron chi connectivity index (χ2n) is 6.37. The first-order chi connectivity index (χ1) is 12.6. The Balaban J connectivity index is 1.84. The van der Waals surface area contributed by atoms with Gasteiger partial charge in [-0.1, -0.05) is 0 Å². The highest BCUT2D eigenvalue weighted by atomic mass is 19.1. The molecule has 4 rings (SSSR count). The number of nitrogens with one attached hydrogen (secondary N) is 1. The Morgan fingerprint density at radius 2 is 2.15 bits per heavy atom. The van der Waals surface area contributed by atoms with Gasteiger partial charge in [0.15, 0.2) is 0 Å². The fourth-order valence-electron chi connectivity index (χ4n) is 3.56. The molecular formula is C20H18FNO4. The molecule has 1 aliphatic carbocycles. The Hall–Kier alpha value is -2.89. The van der Waals surface area contributed by atoms with Crippen molar-refractivity contribution >= 4 is 29.2 Å². The number of rotatable bonds is 3. The van der Waals surface area contributed by atoms with Crippen molar-refractivity contribution in [3.8, 4) is 0 Å². The summed E-state index contributed by atoms with van der Waals surface area (Å²) in [6.07, 6.45) is 5.06. The highest BCUT2D eigenvalue weighted by Gasteiger charge is 2.30. The Kier molecular flexibility index (Phi) is 4.11. The van der Waals surface area contributed by atoms with Crippen LogP contribution in [0.2, 0.25) is 0 Å². The van der Waals surface area contributed by atoms with Crippen LogP contribution < -0.4 is 5.32 Å². The molecule has 1 N–H and O–H groups in total. The first-order valence-electron chi connectivity index (χ1n) is 8.73. The van der Waals surface area contributed by atoms with Crippen LogP contribution in [0.5, 0.6) is 0 Å². The third-order valence-electron chi connectivity index (χ3n) is 4.72. The first kappa shape index (κ1) is 16.6. The number of carbonyl (C=O) groups excluding carboxylic acids is 2. The topological polar surface area (TPSA) is 68.5 Å². The molecule has 26 heavy (non-hydrogen) atoms. The Bertz CT molecular complexity index is 942. The Morgan fingerprint density at radius 3 is 2.96 bits per heavy atom. The molecule has 2 aromatic rings. The predicted molar refractivity (Wildman–Crippen MR) is 94.2 cm³/mol. The molecule has 2 aliphatic rings. The van der Waals surface area contributed by atoms with Gasteiger partial charge in [-0.25, -0.2) is 9.18 Å². The third-order valence-corrected chi connectivity index (χ3v) is 4.72. The lowest BCUT2D eigenvalue weighted by atomic mass is 9.94. The number of esters is 1. The third kappa shape index (κ3) is 2.71. The van der Waals surface area contributed by atoms with Crippen LogP contribution in [0.15, 0.2) is 22.6 Å². The minimum absolute atomic E-state index is 0.261. The highest BCUT2D eigenvalue weighted by Crippen LogP contribution is 2.37. The zero-order valence-electron chi connectivity index (χ0n) is 14.4. The standard InChI is InChI=1S/C20H18FNO4/c1-2-25-20(24)18-13-5-3-4-6-16(13)26-17(18)10-14-12-8-7-11(21)9-15(12)22-19(14)23/h7-10H,2-6H2,1H3,(H,22,23). The van der Waals surface area contributed by atoms with Crippen molar-refractivity contribution in [2.45, 2.75) is 32.6 Å². The van der Waals surface area contributed by atoms with E-state index in [2.05, 4.69) is 5.32 Å². The number of benzene rings is 1. The Morgan fingerprint density at radius 1 is 1.35 bits per heavy atom. The molecule has 0 saturated carbocycles. The largest absolute Gasteiger partial charge is 0.462 e. The van der Waals surface area contributed by atoms with E-state index in [9.17, 15) is 14.0 Å². The number of halogens is 1. The number of carbonyl (C=O) groups is 2. The van der Waals surface area contributed by atoms with Crippen LogP contribution in [0.1, 0.15) is 52.8 Å². The molecular weight excluding hydrogens is 337 g/mol. The molecule has 2 heterocycles. The molecule has 0 spiro atoms. The van der Waals surface area contributed by atoms with Gasteiger partial charge in [-0.05, 0) is 50.5 Å². The second-order valence-corrected chi connectivity index (χ2v) is 6.37. The van der Waals surface area contributed by atoms with Crippen LogP contribution >= 0.6 is 0 Å². The van der Waals surface area contributed by atoms with Crippen LogP contribution in [-0.4, -0.2) is 18.5 Å². The summed E-state index contributed by atoms with van der Waals surface area (Å²) < 4.78 is 24.5. The lowest BCUT2D eigenvalue weighted by Gasteiger charge is -2.10. The maximum Gasteiger partial charge on any atom is 0.342 e. The summed E-state index contributed by atoms with van der Waals surface area (Å²) in [5, 5.41) is 2.64. The van der Waals surface area contributed by atoms with E-state index in [1.165, 1.54) is 12.1 Å². The maximum atomic E-state index is 13.4. The van der Waals surface area contributed by atoms with Crippen molar-refractivity contribution in [3.63, 3.8) is 0 Å². The Labute approximate surface area is 149 Å². The van der Waals surface area contributed by atoms with Gasteiger partial charge in [0.1, 0.15) is 22.9 Å². The zero-order valence-corrected chi connectivity index (χ0v) is 14.4. The average Bonchev–Trinajstić information content (AvgIpc) is 3.12. The lowest BCUT2D eigenvalue weighted by molar-refractivity contribution is -0.110. The molecule has 0 fully saturated rings. The SMILES string of the molecule is CCOC(=O)c1c(C=C2C(=O)Nc3cc(F)ccc32)oc2c1CCCC2. The quantitative estimate of drug-likeness (QED) is 0.668. The van der Waals surface area contributed by atoms with Crippen LogP contribution in [0.3, 0.4) is 0 Å². The van der Waals surface area contributed by atoms with E-state index in [4.69, 9.17) is 9.15 Å². The maximum absolute atomic E-state index is 13.4. The van der Waals surface area contributed by atoms with E-state index in [1.807, 2.05) is 0 Å². The smallest absolute Gasteiger partial charge is 0.342 e. The van der Waals surface area contributed by atoms with Crippen LogP contribution in [-0.2, 0) is 22.4 Å². The van der Waals surface area contributed by atoms with Gasteiger partial charge in [0, 0.05) is 17.5 Å². The minimum Gasteiger partial charge on any atom is -0.462 e.